The van der Waals surface area contributed by atoms with Crippen LogP contribution in [0.1, 0.15) is 26.3 Å². The third-order valence-electron chi connectivity index (χ3n) is 3.33. The van der Waals surface area contributed by atoms with Crippen molar-refractivity contribution in [2.75, 3.05) is 18.5 Å². The van der Waals surface area contributed by atoms with E-state index in [4.69, 9.17) is 16.3 Å². The molecular formula is C16H22ClN3O3. The molecule has 126 valence electrons. The second-order valence-corrected chi connectivity index (χ2v) is 5.44. The Morgan fingerprint density at radius 3 is 2.74 bits per heavy atom. The number of carbonyl (C=O) groups excluding carboxylic acids is 2. The van der Waals surface area contributed by atoms with Gasteiger partial charge >= 0.3 is 5.97 Å². The number of ether oxygens (including phenoxy) is 1. The van der Waals surface area contributed by atoms with Crippen LogP contribution >= 0.6 is 11.6 Å². The lowest BCUT2D eigenvalue weighted by atomic mass is 10.1. The minimum Gasteiger partial charge on any atom is -0.465 e. The number of nitrogens with zero attached hydrogens (tertiary/aromatic N) is 1. The van der Waals surface area contributed by atoms with Gasteiger partial charge < -0.3 is 10.1 Å². The van der Waals surface area contributed by atoms with Gasteiger partial charge in [0.25, 0.3) is 5.91 Å². The van der Waals surface area contributed by atoms with E-state index in [1.54, 1.807) is 32.9 Å². The molecule has 1 aromatic carbocycles. The van der Waals surface area contributed by atoms with Crippen molar-refractivity contribution in [1.29, 1.82) is 0 Å². The number of anilines is 1. The molecule has 2 N–H and O–H groups in total. The fraction of sp³-hybridized carbons (Fsp3) is 0.438. The van der Waals surface area contributed by atoms with Gasteiger partial charge in [-0.3, -0.25) is 9.59 Å². The number of esters is 1. The quantitative estimate of drug-likeness (QED) is 0.455. The molecule has 0 spiro atoms. The minimum atomic E-state index is -0.501. The van der Waals surface area contributed by atoms with E-state index in [2.05, 4.69) is 15.8 Å². The molecule has 0 bridgehead atoms. The van der Waals surface area contributed by atoms with Gasteiger partial charge in [-0.25, -0.2) is 5.43 Å². The van der Waals surface area contributed by atoms with E-state index in [1.807, 2.05) is 13.0 Å². The maximum Gasteiger partial charge on any atom is 0.314 e. The SMILES string of the molecule is CCOC(=O)C(C)/C(C)=N\NC(=O)CNc1cccc(Cl)c1C. The van der Waals surface area contributed by atoms with Gasteiger partial charge in [-0.2, -0.15) is 5.10 Å². The molecule has 0 aromatic heterocycles. The van der Waals surface area contributed by atoms with Crippen LogP contribution in [0.3, 0.4) is 0 Å². The molecule has 1 atom stereocenters. The summed E-state index contributed by atoms with van der Waals surface area (Å²) in [6.07, 6.45) is 0. The maximum absolute atomic E-state index is 11.8. The summed E-state index contributed by atoms with van der Waals surface area (Å²) < 4.78 is 4.90. The van der Waals surface area contributed by atoms with Gasteiger partial charge in [0, 0.05) is 16.4 Å². The van der Waals surface area contributed by atoms with Crippen molar-refractivity contribution in [1.82, 2.24) is 5.43 Å². The molecule has 0 aliphatic heterocycles. The average molecular weight is 340 g/mol. The Kier molecular flexibility index (Phi) is 7.54. The Morgan fingerprint density at radius 2 is 2.09 bits per heavy atom. The van der Waals surface area contributed by atoms with Crippen LogP contribution < -0.4 is 10.7 Å². The van der Waals surface area contributed by atoms with Gasteiger partial charge in [-0.05, 0) is 45.4 Å². The normalized spacial score (nSPS) is 12.5. The van der Waals surface area contributed by atoms with E-state index in [1.165, 1.54) is 0 Å². The van der Waals surface area contributed by atoms with Crippen molar-refractivity contribution in [3.8, 4) is 0 Å². The summed E-state index contributed by atoms with van der Waals surface area (Å²) in [4.78, 5) is 23.4. The lowest BCUT2D eigenvalue weighted by Gasteiger charge is -2.11. The lowest BCUT2D eigenvalue weighted by Crippen LogP contribution is -2.29. The molecule has 1 aromatic rings. The van der Waals surface area contributed by atoms with E-state index >= 15 is 0 Å². The van der Waals surface area contributed by atoms with Gasteiger partial charge in [-0.1, -0.05) is 17.7 Å². The first-order chi connectivity index (χ1) is 10.9. The molecule has 1 unspecified atom stereocenters. The third kappa shape index (κ3) is 5.90. The molecule has 7 heteroatoms. The zero-order valence-electron chi connectivity index (χ0n) is 13.8. The largest absolute Gasteiger partial charge is 0.465 e. The standard InChI is InChI=1S/C16H22ClN3O3/c1-5-23-16(22)10(2)12(4)19-20-15(21)9-18-14-8-6-7-13(17)11(14)3/h6-8,10,18H,5,9H2,1-4H3,(H,20,21)/b19-12-. The van der Waals surface area contributed by atoms with Crippen LogP contribution in [0, 0.1) is 12.8 Å². The van der Waals surface area contributed by atoms with E-state index in [0.29, 0.717) is 17.3 Å². The highest BCUT2D eigenvalue weighted by Crippen LogP contribution is 2.22. The van der Waals surface area contributed by atoms with Crippen LogP contribution in [-0.2, 0) is 14.3 Å². The number of halogens is 1. The van der Waals surface area contributed by atoms with Crippen molar-refractivity contribution >= 4 is 34.9 Å². The van der Waals surface area contributed by atoms with E-state index in [0.717, 1.165) is 11.3 Å². The molecule has 0 saturated carbocycles. The molecule has 0 aliphatic carbocycles. The molecule has 0 aliphatic rings. The number of hydrazone groups is 1. The number of rotatable bonds is 7. The Balaban J connectivity index is 2.52. The summed E-state index contributed by atoms with van der Waals surface area (Å²) >= 11 is 6.02. The van der Waals surface area contributed by atoms with Crippen LogP contribution in [0.4, 0.5) is 5.69 Å². The van der Waals surface area contributed by atoms with E-state index in [9.17, 15) is 9.59 Å². The molecule has 0 fully saturated rings. The molecule has 23 heavy (non-hydrogen) atoms. The van der Waals surface area contributed by atoms with Gasteiger partial charge in [-0.15, -0.1) is 0 Å². The van der Waals surface area contributed by atoms with Gasteiger partial charge in [0.15, 0.2) is 0 Å². The van der Waals surface area contributed by atoms with Crippen LogP contribution in [-0.4, -0.2) is 30.7 Å². The number of benzene rings is 1. The van der Waals surface area contributed by atoms with E-state index in [-0.39, 0.29) is 18.4 Å². The maximum atomic E-state index is 11.8. The zero-order chi connectivity index (χ0) is 17.4. The Bertz CT molecular complexity index is 602. The van der Waals surface area contributed by atoms with Gasteiger partial charge in [0.05, 0.1) is 19.1 Å². The van der Waals surface area contributed by atoms with Gasteiger partial charge in [0.1, 0.15) is 0 Å². The molecule has 0 heterocycles. The predicted molar refractivity (Wildman–Crippen MR) is 91.7 cm³/mol. The fourth-order valence-electron chi connectivity index (χ4n) is 1.70. The molecule has 0 saturated heterocycles. The first-order valence-electron chi connectivity index (χ1n) is 7.35. The van der Waals surface area contributed by atoms with Crippen molar-refractivity contribution < 1.29 is 14.3 Å². The molecule has 1 amide bonds. The number of amides is 1. The van der Waals surface area contributed by atoms with Crippen molar-refractivity contribution in [3.05, 3.63) is 28.8 Å². The zero-order valence-corrected chi connectivity index (χ0v) is 14.5. The molecular weight excluding hydrogens is 318 g/mol. The second-order valence-electron chi connectivity index (χ2n) is 5.03. The van der Waals surface area contributed by atoms with Crippen molar-refractivity contribution in [3.63, 3.8) is 0 Å². The van der Waals surface area contributed by atoms with Crippen LogP contribution in [0.2, 0.25) is 5.02 Å². The van der Waals surface area contributed by atoms with E-state index < -0.39 is 5.92 Å². The summed E-state index contributed by atoms with van der Waals surface area (Å²) in [5.41, 5.74) is 4.55. The highest BCUT2D eigenvalue weighted by atomic mass is 35.5. The number of hydrogen-bond acceptors (Lipinski definition) is 5. The Hall–Kier alpha value is -2.08. The Labute approximate surface area is 141 Å². The fourth-order valence-corrected chi connectivity index (χ4v) is 1.87. The summed E-state index contributed by atoms with van der Waals surface area (Å²) in [6, 6.07) is 5.43. The van der Waals surface area contributed by atoms with Crippen molar-refractivity contribution in [2.24, 2.45) is 11.0 Å². The first-order valence-corrected chi connectivity index (χ1v) is 7.73. The second kappa shape index (κ2) is 9.15. The highest BCUT2D eigenvalue weighted by Gasteiger charge is 2.17. The molecule has 1 rings (SSSR count). The molecule has 6 nitrogen and oxygen atoms in total. The predicted octanol–water partition coefficient (Wildman–Crippen LogP) is 2.75. The summed E-state index contributed by atoms with van der Waals surface area (Å²) in [6.45, 7) is 7.30. The number of hydrogen-bond donors (Lipinski definition) is 2. The monoisotopic (exact) mass is 339 g/mol. The van der Waals surface area contributed by atoms with Crippen LogP contribution in [0.25, 0.3) is 0 Å². The first kappa shape index (κ1) is 19.0. The topological polar surface area (TPSA) is 79.8 Å². The smallest absolute Gasteiger partial charge is 0.314 e. The molecule has 0 radical (unpaired) electrons. The van der Waals surface area contributed by atoms with Gasteiger partial charge in [0.2, 0.25) is 0 Å². The average Bonchev–Trinajstić information content (AvgIpc) is 2.53. The summed E-state index contributed by atoms with van der Waals surface area (Å²) in [5.74, 6) is -1.19. The van der Waals surface area contributed by atoms with Crippen LogP contribution in [0.5, 0.6) is 0 Å². The van der Waals surface area contributed by atoms with Crippen LogP contribution in [0.15, 0.2) is 23.3 Å². The summed E-state index contributed by atoms with van der Waals surface area (Å²) in [7, 11) is 0. The highest BCUT2D eigenvalue weighted by molar-refractivity contribution is 6.31. The number of carbonyl (C=O) groups is 2. The minimum absolute atomic E-state index is 0.0474. The van der Waals surface area contributed by atoms with Crippen molar-refractivity contribution in [2.45, 2.75) is 27.7 Å². The lowest BCUT2D eigenvalue weighted by molar-refractivity contribution is -0.145. The third-order valence-corrected chi connectivity index (χ3v) is 3.74. The number of nitrogens with one attached hydrogen (secondary N) is 2. The Morgan fingerprint density at radius 1 is 1.39 bits per heavy atom. The summed E-state index contributed by atoms with van der Waals surface area (Å²) in [5, 5.41) is 7.55.